The first-order chi connectivity index (χ1) is 8.67. The molecule has 98 valence electrons. The molecule has 0 amide bonds. The molecule has 0 bridgehead atoms. The summed E-state index contributed by atoms with van der Waals surface area (Å²) in [6, 6.07) is 7.93. The van der Waals surface area contributed by atoms with Gasteiger partial charge in [-0.15, -0.1) is 0 Å². The van der Waals surface area contributed by atoms with Crippen molar-refractivity contribution >= 4 is 12.0 Å². The Hall–Kier alpha value is -1.61. The topological polar surface area (TPSA) is 40.5 Å². The smallest absolute Gasteiger partial charge is 0.328 e. The van der Waals surface area contributed by atoms with Gasteiger partial charge in [0.05, 0.1) is 0 Å². The van der Waals surface area contributed by atoms with Crippen LogP contribution in [-0.2, 0) is 11.3 Å². The lowest BCUT2D eigenvalue weighted by Gasteiger charge is -2.20. The van der Waals surface area contributed by atoms with Gasteiger partial charge in [0, 0.05) is 12.6 Å². The third-order valence-electron chi connectivity index (χ3n) is 2.84. The number of benzene rings is 1. The van der Waals surface area contributed by atoms with E-state index in [-0.39, 0.29) is 0 Å². The molecule has 1 aromatic rings. The normalized spacial score (nSPS) is 11.3. The van der Waals surface area contributed by atoms with E-state index in [1.165, 1.54) is 11.6 Å². The average molecular weight is 247 g/mol. The van der Waals surface area contributed by atoms with E-state index < -0.39 is 5.97 Å². The lowest BCUT2D eigenvalue weighted by molar-refractivity contribution is -0.131. The molecular formula is C15H21NO2. The monoisotopic (exact) mass is 247 g/mol. The van der Waals surface area contributed by atoms with E-state index in [1.807, 2.05) is 18.2 Å². The summed E-state index contributed by atoms with van der Waals surface area (Å²) in [5, 5.41) is 8.68. The largest absolute Gasteiger partial charge is 0.478 e. The standard InChI is InChI=1S/C15H21NO2/c1-3-11-16(4-2)12-14-8-6-5-7-13(14)9-10-15(17)18/h5-10H,3-4,11-12H2,1-2H3,(H,17,18). The second-order valence-electron chi connectivity index (χ2n) is 4.24. The van der Waals surface area contributed by atoms with Gasteiger partial charge in [0.15, 0.2) is 0 Å². The maximum absolute atomic E-state index is 10.6. The van der Waals surface area contributed by atoms with Crippen LogP contribution in [0, 0.1) is 0 Å². The van der Waals surface area contributed by atoms with Crippen molar-refractivity contribution in [2.24, 2.45) is 0 Å². The molecule has 3 heteroatoms. The average Bonchev–Trinajstić information content (AvgIpc) is 2.37. The maximum atomic E-state index is 10.6. The van der Waals surface area contributed by atoms with Gasteiger partial charge in [0.1, 0.15) is 0 Å². The van der Waals surface area contributed by atoms with Gasteiger partial charge in [-0.05, 0) is 36.7 Å². The van der Waals surface area contributed by atoms with Crippen molar-refractivity contribution in [1.29, 1.82) is 0 Å². The molecule has 18 heavy (non-hydrogen) atoms. The summed E-state index contributed by atoms with van der Waals surface area (Å²) >= 11 is 0. The van der Waals surface area contributed by atoms with Crippen LogP contribution in [0.3, 0.4) is 0 Å². The predicted octanol–water partition coefficient (Wildman–Crippen LogP) is 3.02. The molecule has 1 N–H and O–H groups in total. The summed E-state index contributed by atoms with van der Waals surface area (Å²) in [7, 11) is 0. The minimum absolute atomic E-state index is 0.866. The van der Waals surface area contributed by atoms with Gasteiger partial charge < -0.3 is 5.11 Å². The van der Waals surface area contributed by atoms with Crippen LogP contribution in [0.4, 0.5) is 0 Å². The highest BCUT2D eigenvalue weighted by Gasteiger charge is 2.05. The number of hydrogen-bond acceptors (Lipinski definition) is 2. The molecule has 1 aromatic carbocycles. The second-order valence-corrected chi connectivity index (χ2v) is 4.24. The third kappa shape index (κ3) is 4.72. The molecule has 1 rings (SSSR count). The number of carboxylic acid groups (broad SMARTS) is 1. The van der Waals surface area contributed by atoms with Crippen molar-refractivity contribution in [2.75, 3.05) is 13.1 Å². The minimum Gasteiger partial charge on any atom is -0.478 e. The zero-order chi connectivity index (χ0) is 13.4. The van der Waals surface area contributed by atoms with Crippen LogP contribution in [0.2, 0.25) is 0 Å². The highest BCUT2D eigenvalue weighted by Crippen LogP contribution is 2.13. The number of carboxylic acids is 1. The number of carbonyl (C=O) groups is 1. The molecule has 3 nitrogen and oxygen atoms in total. The highest BCUT2D eigenvalue weighted by molar-refractivity contribution is 5.85. The van der Waals surface area contributed by atoms with Crippen molar-refractivity contribution in [3.05, 3.63) is 41.5 Å². The molecule has 0 heterocycles. The molecule has 0 fully saturated rings. The molecular weight excluding hydrogens is 226 g/mol. The zero-order valence-electron chi connectivity index (χ0n) is 11.1. The summed E-state index contributed by atoms with van der Waals surface area (Å²) in [4.78, 5) is 12.9. The summed E-state index contributed by atoms with van der Waals surface area (Å²) in [6.45, 7) is 7.24. The molecule has 0 aliphatic carbocycles. The SMILES string of the molecule is CCCN(CC)Cc1ccccc1C=CC(=O)O. The van der Waals surface area contributed by atoms with Crippen molar-refractivity contribution in [1.82, 2.24) is 4.90 Å². The molecule has 0 radical (unpaired) electrons. The van der Waals surface area contributed by atoms with E-state index in [2.05, 4.69) is 24.8 Å². The van der Waals surface area contributed by atoms with Crippen molar-refractivity contribution < 1.29 is 9.90 Å². The maximum Gasteiger partial charge on any atom is 0.328 e. The van der Waals surface area contributed by atoms with Gasteiger partial charge >= 0.3 is 5.97 Å². The second kappa shape index (κ2) is 7.67. The van der Waals surface area contributed by atoms with E-state index in [1.54, 1.807) is 6.08 Å². The molecule has 0 aromatic heterocycles. The fourth-order valence-electron chi connectivity index (χ4n) is 1.91. The van der Waals surface area contributed by atoms with Gasteiger partial charge in [-0.25, -0.2) is 4.79 Å². The zero-order valence-corrected chi connectivity index (χ0v) is 11.1. The quantitative estimate of drug-likeness (QED) is 0.753. The highest BCUT2D eigenvalue weighted by atomic mass is 16.4. The van der Waals surface area contributed by atoms with Crippen LogP contribution in [0.1, 0.15) is 31.4 Å². The molecule has 0 spiro atoms. The Morgan fingerprint density at radius 2 is 2.06 bits per heavy atom. The van der Waals surface area contributed by atoms with Crippen molar-refractivity contribution in [3.8, 4) is 0 Å². The van der Waals surface area contributed by atoms with Crippen LogP contribution in [-0.4, -0.2) is 29.1 Å². The number of aliphatic carboxylic acids is 1. The van der Waals surface area contributed by atoms with Crippen LogP contribution in [0.25, 0.3) is 6.08 Å². The number of hydrogen-bond donors (Lipinski definition) is 1. The first kappa shape index (κ1) is 14.5. The summed E-state index contributed by atoms with van der Waals surface area (Å²) in [6.07, 6.45) is 3.98. The molecule has 0 saturated heterocycles. The van der Waals surface area contributed by atoms with E-state index in [4.69, 9.17) is 5.11 Å². The van der Waals surface area contributed by atoms with Gasteiger partial charge in [-0.1, -0.05) is 38.1 Å². The Kier molecular flexibility index (Phi) is 6.15. The summed E-state index contributed by atoms with van der Waals surface area (Å²) < 4.78 is 0. The summed E-state index contributed by atoms with van der Waals surface area (Å²) in [5.41, 5.74) is 2.15. The Morgan fingerprint density at radius 3 is 2.67 bits per heavy atom. The Labute approximate surface area is 109 Å². The molecule has 0 atom stereocenters. The van der Waals surface area contributed by atoms with E-state index >= 15 is 0 Å². The predicted molar refractivity (Wildman–Crippen MR) is 74.4 cm³/mol. The van der Waals surface area contributed by atoms with Crippen LogP contribution in [0.15, 0.2) is 30.3 Å². The van der Waals surface area contributed by atoms with Crippen LogP contribution in [0.5, 0.6) is 0 Å². The molecule has 0 aliphatic rings. The van der Waals surface area contributed by atoms with Gasteiger partial charge in [-0.3, -0.25) is 4.90 Å². The third-order valence-corrected chi connectivity index (χ3v) is 2.84. The van der Waals surface area contributed by atoms with Gasteiger partial charge in [-0.2, -0.15) is 0 Å². The number of nitrogens with zero attached hydrogens (tertiary/aromatic N) is 1. The Morgan fingerprint density at radius 1 is 1.33 bits per heavy atom. The van der Waals surface area contributed by atoms with E-state index in [0.717, 1.165) is 31.6 Å². The first-order valence-electron chi connectivity index (χ1n) is 6.38. The lowest BCUT2D eigenvalue weighted by Crippen LogP contribution is -2.23. The molecule has 0 unspecified atom stereocenters. The van der Waals surface area contributed by atoms with E-state index in [0.29, 0.717) is 0 Å². The van der Waals surface area contributed by atoms with E-state index in [9.17, 15) is 4.79 Å². The fraction of sp³-hybridized carbons (Fsp3) is 0.400. The summed E-state index contributed by atoms with van der Waals surface area (Å²) in [5.74, 6) is -0.911. The van der Waals surface area contributed by atoms with Crippen LogP contribution >= 0.6 is 0 Å². The van der Waals surface area contributed by atoms with Crippen LogP contribution < -0.4 is 0 Å². The van der Waals surface area contributed by atoms with Gasteiger partial charge in [0.2, 0.25) is 0 Å². The lowest BCUT2D eigenvalue weighted by atomic mass is 10.1. The fourth-order valence-corrected chi connectivity index (χ4v) is 1.91. The first-order valence-corrected chi connectivity index (χ1v) is 6.38. The minimum atomic E-state index is -0.911. The number of rotatable bonds is 7. The van der Waals surface area contributed by atoms with Crippen molar-refractivity contribution in [3.63, 3.8) is 0 Å². The Bertz CT molecular complexity index is 413. The van der Waals surface area contributed by atoms with Crippen molar-refractivity contribution in [2.45, 2.75) is 26.8 Å². The molecule has 0 aliphatic heterocycles. The van der Waals surface area contributed by atoms with Gasteiger partial charge in [0.25, 0.3) is 0 Å². The Balaban J connectivity index is 2.84. The molecule has 0 saturated carbocycles.